The molecule has 1 saturated carbocycles. The van der Waals surface area contributed by atoms with Crippen molar-refractivity contribution in [1.29, 1.82) is 0 Å². The predicted octanol–water partition coefficient (Wildman–Crippen LogP) is 1.14. The summed E-state index contributed by atoms with van der Waals surface area (Å²) in [5, 5.41) is 0. The van der Waals surface area contributed by atoms with E-state index in [-0.39, 0.29) is 0 Å². The molecular weight excluding hydrogens is 188 g/mol. The van der Waals surface area contributed by atoms with E-state index in [9.17, 15) is 0 Å². The first-order valence-electron chi connectivity index (χ1n) is 5.55. The van der Waals surface area contributed by atoms with Gasteiger partial charge < -0.3 is 10.6 Å². The molecule has 2 rings (SSSR count). The van der Waals surface area contributed by atoms with Crippen molar-refractivity contribution < 1.29 is 0 Å². The average Bonchev–Trinajstić information content (AvgIpc) is 3.10. The van der Waals surface area contributed by atoms with Crippen LogP contribution in [0, 0.1) is 0 Å². The normalized spacial score (nSPS) is 15.3. The Bertz CT molecular complexity index is 322. The van der Waals surface area contributed by atoms with Gasteiger partial charge in [-0.2, -0.15) is 0 Å². The van der Waals surface area contributed by atoms with Gasteiger partial charge in [-0.15, -0.1) is 0 Å². The fourth-order valence-electron chi connectivity index (χ4n) is 1.56. The van der Waals surface area contributed by atoms with Crippen molar-refractivity contribution in [3.05, 3.63) is 18.1 Å². The monoisotopic (exact) mass is 206 g/mol. The Morgan fingerprint density at radius 3 is 3.00 bits per heavy atom. The van der Waals surface area contributed by atoms with Crippen molar-refractivity contribution in [3.8, 4) is 0 Å². The molecule has 1 aliphatic rings. The minimum absolute atomic E-state index is 0.618. The van der Waals surface area contributed by atoms with Gasteiger partial charge in [0, 0.05) is 25.7 Å². The summed E-state index contributed by atoms with van der Waals surface area (Å²) in [4.78, 5) is 11.0. The highest BCUT2D eigenvalue weighted by molar-refractivity contribution is 5.36. The van der Waals surface area contributed by atoms with Crippen LogP contribution in [-0.4, -0.2) is 30.1 Å². The molecule has 0 saturated heterocycles. The predicted molar refractivity (Wildman–Crippen MR) is 60.9 cm³/mol. The number of nitrogens with zero attached hydrogens (tertiary/aromatic N) is 3. The maximum atomic E-state index is 5.48. The second-order valence-corrected chi connectivity index (χ2v) is 4.11. The highest BCUT2D eigenvalue weighted by Gasteiger charge is 2.26. The lowest BCUT2D eigenvalue weighted by molar-refractivity contribution is 0.777. The van der Waals surface area contributed by atoms with Gasteiger partial charge in [0.2, 0.25) is 0 Å². The van der Waals surface area contributed by atoms with E-state index in [0.717, 1.165) is 31.2 Å². The van der Waals surface area contributed by atoms with Crippen LogP contribution in [0.15, 0.2) is 12.3 Å². The minimum Gasteiger partial charge on any atom is -0.360 e. The third kappa shape index (κ3) is 2.65. The summed E-state index contributed by atoms with van der Waals surface area (Å²) >= 11 is 0. The van der Waals surface area contributed by atoms with E-state index >= 15 is 0 Å². The number of nitrogens with two attached hydrogens (primary N) is 1. The number of hydrogen-bond donors (Lipinski definition) is 1. The molecule has 1 fully saturated rings. The molecule has 0 atom stereocenters. The number of aromatic nitrogens is 2. The fourth-order valence-corrected chi connectivity index (χ4v) is 1.56. The standard InChI is InChI=1S/C11H18N4/c1-15(8-2-6-12)10-5-7-13-11(14-10)9-3-4-9/h5,7,9H,2-4,6,8,12H2,1H3. The SMILES string of the molecule is CN(CCCN)c1ccnc(C2CC2)n1. The van der Waals surface area contributed by atoms with Crippen LogP contribution in [0.25, 0.3) is 0 Å². The molecule has 0 unspecified atom stereocenters. The highest BCUT2D eigenvalue weighted by Crippen LogP contribution is 2.38. The first-order valence-corrected chi connectivity index (χ1v) is 5.55. The summed E-state index contributed by atoms with van der Waals surface area (Å²) in [5.41, 5.74) is 5.48. The Morgan fingerprint density at radius 2 is 2.33 bits per heavy atom. The fraction of sp³-hybridized carbons (Fsp3) is 0.636. The molecule has 4 nitrogen and oxygen atoms in total. The van der Waals surface area contributed by atoms with E-state index in [2.05, 4.69) is 21.9 Å². The zero-order valence-corrected chi connectivity index (χ0v) is 9.19. The van der Waals surface area contributed by atoms with Gasteiger partial charge in [0.05, 0.1) is 0 Å². The van der Waals surface area contributed by atoms with Crippen molar-refractivity contribution in [3.63, 3.8) is 0 Å². The van der Waals surface area contributed by atoms with Gasteiger partial charge in [-0.25, -0.2) is 9.97 Å². The van der Waals surface area contributed by atoms with Crippen molar-refractivity contribution >= 4 is 5.82 Å². The Morgan fingerprint density at radius 1 is 1.53 bits per heavy atom. The summed E-state index contributed by atoms with van der Waals surface area (Å²) in [6.45, 7) is 1.68. The van der Waals surface area contributed by atoms with Crippen LogP contribution in [0.2, 0.25) is 0 Å². The molecule has 4 heteroatoms. The summed E-state index contributed by atoms with van der Waals surface area (Å²) in [6.07, 6.45) is 5.35. The van der Waals surface area contributed by atoms with E-state index in [0.29, 0.717) is 5.92 Å². The summed E-state index contributed by atoms with van der Waals surface area (Å²) in [7, 11) is 2.05. The molecule has 0 spiro atoms. The molecular formula is C11H18N4. The third-order valence-corrected chi connectivity index (χ3v) is 2.69. The molecule has 1 heterocycles. The summed E-state index contributed by atoms with van der Waals surface area (Å²) in [5.74, 6) is 2.64. The van der Waals surface area contributed by atoms with E-state index in [1.54, 1.807) is 0 Å². The van der Waals surface area contributed by atoms with E-state index in [1.165, 1.54) is 12.8 Å². The molecule has 0 aliphatic heterocycles. The van der Waals surface area contributed by atoms with Gasteiger partial charge in [-0.3, -0.25) is 0 Å². The van der Waals surface area contributed by atoms with Gasteiger partial charge >= 0.3 is 0 Å². The molecule has 1 aliphatic carbocycles. The molecule has 15 heavy (non-hydrogen) atoms. The summed E-state index contributed by atoms with van der Waals surface area (Å²) in [6, 6.07) is 1.96. The van der Waals surface area contributed by atoms with Crippen LogP contribution in [-0.2, 0) is 0 Å². The minimum atomic E-state index is 0.618. The van der Waals surface area contributed by atoms with Gasteiger partial charge in [-0.05, 0) is 31.9 Å². The quantitative estimate of drug-likeness (QED) is 0.785. The third-order valence-electron chi connectivity index (χ3n) is 2.69. The van der Waals surface area contributed by atoms with Crippen molar-refractivity contribution in [2.24, 2.45) is 5.73 Å². The lowest BCUT2D eigenvalue weighted by Crippen LogP contribution is -2.22. The number of anilines is 1. The van der Waals surface area contributed by atoms with Gasteiger partial charge in [0.1, 0.15) is 11.6 Å². The van der Waals surface area contributed by atoms with Crippen molar-refractivity contribution in [2.75, 3.05) is 25.0 Å². The van der Waals surface area contributed by atoms with Gasteiger partial charge in [0.15, 0.2) is 0 Å². The van der Waals surface area contributed by atoms with Crippen LogP contribution in [0.3, 0.4) is 0 Å². The summed E-state index contributed by atoms with van der Waals surface area (Å²) < 4.78 is 0. The Hall–Kier alpha value is -1.16. The molecule has 0 aromatic carbocycles. The topological polar surface area (TPSA) is 55.0 Å². The maximum absolute atomic E-state index is 5.48. The van der Waals surface area contributed by atoms with Crippen molar-refractivity contribution in [1.82, 2.24) is 9.97 Å². The highest BCUT2D eigenvalue weighted by atomic mass is 15.2. The Labute approximate surface area is 90.5 Å². The smallest absolute Gasteiger partial charge is 0.133 e. The lowest BCUT2D eigenvalue weighted by atomic mass is 10.3. The van der Waals surface area contributed by atoms with Crippen LogP contribution < -0.4 is 10.6 Å². The lowest BCUT2D eigenvalue weighted by Gasteiger charge is -2.17. The molecule has 1 aromatic rings. The second-order valence-electron chi connectivity index (χ2n) is 4.11. The van der Waals surface area contributed by atoms with Gasteiger partial charge in [-0.1, -0.05) is 0 Å². The zero-order valence-electron chi connectivity index (χ0n) is 9.19. The van der Waals surface area contributed by atoms with Crippen LogP contribution in [0.4, 0.5) is 5.82 Å². The first kappa shape index (κ1) is 10.4. The first-order chi connectivity index (χ1) is 7.31. The molecule has 0 amide bonds. The van der Waals surface area contributed by atoms with E-state index in [1.807, 2.05) is 12.3 Å². The number of rotatable bonds is 5. The molecule has 0 bridgehead atoms. The molecule has 0 radical (unpaired) electrons. The van der Waals surface area contributed by atoms with Crippen molar-refractivity contribution in [2.45, 2.75) is 25.2 Å². The molecule has 1 aromatic heterocycles. The number of hydrogen-bond acceptors (Lipinski definition) is 4. The average molecular weight is 206 g/mol. The Balaban J connectivity index is 2.02. The van der Waals surface area contributed by atoms with E-state index < -0.39 is 0 Å². The molecule has 2 N–H and O–H groups in total. The second kappa shape index (κ2) is 4.57. The Kier molecular flexibility index (Phi) is 3.16. The van der Waals surface area contributed by atoms with Crippen LogP contribution in [0.1, 0.15) is 31.0 Å². The molecule has 82 valence electrons. The largest absolute Gasteiger partial charge is 0.360 e. The van der Waals surface area contributed by atoms with Crippen LogP contribution >= 0.6 is 0 Å². The maximum Gasteiger partial charge on any atom is 0.133 e. The van der Waals surface area contributed by atoms with Gasteiger partial charge in [0.25, 0.3) is 0 Å². The van der Waals surface area contributed by atoms with E-state index in [4.69, 9.17) is 5.73 Å². The zero-order chi connectivity index (χ0) is 10.7. The van der Waals surface area contributed by atoms with Crippen LogP contribution in [0.5, 0.6) is 0 Å².